The summed E-state index contributed by atoms with van der Waals surface area (Å²) in [5, 5.41) is 4.76. The normalized spacial score (nSPS) is 15.8. The van der Waals surface area contributed by atoms with E-state index in [1.807, 2.05) is 30.3 Å². The Morgan fingerprint density at radius 1 is 1.06 bits per heavy atom. The monoisotopic (exact) mass is 469 g/mol. The zero-order valence-electron chi connectivity index (χ0n) is 18.7. The van der Waals surface area contributed by atoms with Crippen LogP contribution in [0.4, 0.5) is 0 Å². The lowest BCUT2D eigenvalue weighted by molar-refractivity contribution is -0.120. The van der Waals surface area contributed by atoms with Gasteiger partial charge in [-0.3, -0.25) is 9.69 Å². The molecule has 174 valence electrons. The molecule has 0 saturated carbocycles. The summed E-state index contributed by atoms with van der Waals surface area (Å²) in [6.07, 6.45) is 0.303. The minimum Gasteiger partial charge on any atom is -0.454 e. The Balaban J connectivity index is 1.30. The van der Waals surface area contributed by atoms with Crippen LogP contribution in [-0.4, -0.2) is 55.0 Å². The highest BCUT2D eigenvalue weighted by Gasteiger charge is 2.19. The Morgan fingerprint density at radius 3 is 2.73 bits per heavy atom. The van der Waals surface area contributed by atoms with Crippen molar-refractivity contribution in [3.8, 4) is 11.5 Å². The SMILES string of the molecule is Cc1c(CC(=O)NCc2ccc3c(c2)OCO3)c2cc(Cl)ccc2n1CCN1CCOCC1. The van der Waals surface area contributed by atoms with Crippen LogP contribution in [0, 0.1) is 6.92 Å². The van der Waals surface area contributed by atoms with Gasteiger partial charge in [-0.05, 0) is 48.4 Å². The fraction of sp³-hybridized carbons (Fsp3) is 0.400. The molecule has 33 heavy (non-hydrogen) atoms. The van der Waals surface area contributed by atoms with E-state index in [0.29, 0.717) is 18.0 Å². The van der Waals surface area contributed by atoms with Gasteiger partial charge in [0.1, 0.15) is 0 Å². The van der Waals surface area contributed by atoms with Crippen LogP contribution in [0.2, 0.25) is 5.02 Å². The van der Waals surface area contributed by atoms with Crippen LogP contribution in [0.3, 0.4) is 0 Å². The van der Waals surface area contributed by atoms with Crippen LogP contribution in [-0.2, 0) is 29.0 Å². The molecule has 3 aromatic rings. The maximum atomic E-state index is 12.9. The van der Waals surface area contributed by atoms with Crippen molar-refractivity contribution in [1.82, 2.24) is 14.8 Å². The van der Waals surface area contributed by atoms with Crippen LogP contribution in [0.25, 0.3) is 10.9 Å². The molecule has 1 amide bonds. The molecule has 2 aliphatic rings. The van der Waals surface area contributed by atoms with Gasteiger partial charge in [-0.1, -0.05) is 17.7 Å². The average molecular weight is 470 g/mol. The number of aromatic nitrogens is 1. The van der Waals surface area contributed by atoms with Crippen LogP contribution in [0.5, 0.6) is 11.5 Å². The number of nitrogens with zero attached hydrogens (tertiary/aromatic N) is 2. The van der Waals surface area contributed by atoms with Gasteiger partial charge >= 0.3 is 0 Å². The predicted molar refractivity (Wildman–Crippen MR) is 127 cm³/mol. The van der Waals surface area contributed by atoms with E-state index in [1.165, 1.54) is 0 Å². The van der Waals surface area contributed by atoms with Crippen molar-refractivity contribution in [1.29, 1.82) is 0 Å². The fourth-order valence-electron chi connectivity index (χ4n) is 4.58. The molecule has 0 bridgehead atoms. The molecule has 3 heterocycles. The number of halogens is 1. The molecule has 8 heteroatoms. The molecular weight excluding hydrogens is 442 g/mol. The summed E-state index contributed by atoms with van der Waals surface area (Å²) in [6.45, 7) is 8.07. The van der Waals surface area contributed by atoms with Gasteiger partial charge < -0.3 is 24.1 Å². The lowest BCUT2D eigenvalue weighted by atomic mass is 10.1. The van der Waals surface area contributed by atoms with Crippen molar-refractivity contribution < 1.29 is 19.0 Å². The molecule has 0 aliphatic carbocycles. The highest BCUT2D eigenvalue weighted by Crippen LogP contribution is 2.32. The summed E-state index contributed by atoms with van der Waals surface area (Å²) < 4.78 is 18.5. The number of carbonyl (C=O) groups excluding carboxylic acids is 1. The quantitative estimate of drug-likeness (QED) is 0.573. The maximum Gasteiger partial charge on any atom is 0.231 e. The standard InChI is InChI=1S/C25H28ClN3O4/c1-17-20(14-25(30)27-15-18-2-5-23-24(12-18)33-16-32-23)21-13-19(26)3-4-22(21)29(17)7-6-28-8-10-31-11-9-28/h2-5,12-13H,6-11,14-16H2,1H3,(H,27,30). The number of carbonyl (C=O) groups is 1. The summed E-state index contributed by atoms with van der Waals surface area (Å²) in [6, 6.07) is 11.7. The number of morpholine rings is 1. The third kappa shape index (κ3) is 4.81. The first-order chi connectivity index (χ1) is 16.1. The van der Waals surface area contributed by atoms with Crippen molar-refractivity contribution in [3.63, 3.8) is 0 Å². The van der Waals surface area contributed by atoms with Crippen molar-refractivity contribution in [2.24, 2.45) is 0 Å². The number of nitrogens with one attached hydrogen (secondary N) is 1. The molecule has 1 fully saturated rings. The Bertz CT molecular complexity index is 1170. The second-order valence-corrected chi connectivity index (χ2v) is 8.91. The third-order valence-electron chi connectivity index (χ3n) is 6.42. The molecule has 0 spiro atoms. The lowest BCUT2D eigenvalue weighted by Gasteiger charge is -2.27. The van der Waals surface area contributed by atoms with Crippen molar-refractivity contribution >= 4 is 28.4 Å². The minimum atomic E-state index is -0.0250. The lowest BCUT2D eigenvalue weighted by Crippen LogP contribution is -2.38. The van der Waals surface area contributed by atoms with E-state index in [0.717, 1.165) is 78.6 Å². The van der Waals surface area contributed by atoms with Crippen LogP contribution in [0.1, 0.15) is 16.8 Å². The fourth-order valence-corrected chi connectivity index (χ4v) is 4.75. The predicted octanol–water partition coefficient (Wildman–Crippen LogP) is 3.52. The topological polar surface area (TPSA) is 65.0 Å². The van der Waals surface area contributed by atoms with E-state index >= 15 is 0 Å². The van der Waals surface area contributed by atoms with Crippen molar-refractivity contribution in [3.05, 3.63) is 58.2 Å². The molecule has 0 radical (unpaired) electrons. The highest BCUT2D eigenvalue weighted by atomic mass is 35.5. The van der Waals surface area contributed by atoms with E-state index in [1.54, 1.807) is 0 Å². The summed E-state index contributed by atoms with van der Waals surface area (Å²) >= 11 is 6.32. The Kier molecular flexibility index (Phi) is 6.44. The summed E-state index contributed by atoms with van der Waals surface area (Å²) in [7, 11) is 0. The molecule has 5 rings (SSSR count). The summed E-state index contributed by atoms with van der Waals surface area (Å²) in [4.78, 5) is 15.3. The van der Waals surface area contributed by atoms with E-state index in [2.05, 4.69) is 27.8 Å². The summed E-state index contributed by atoms with van der Waals surface area (Å²) in [5.74, 6) is 1.43. The number of benzene rings is 2. The van der Waals surface area contributed by atoms with Crippen LogP contribution < -0.4 is 14.8 Å². The first kappa shape index (κ1) is 22.1. The molecule has 2 aromatic carbocycles. The van der Waals surface area contributed by atoms with Gasteiger partial charge in [-0.25, -0.2) is 0 Å². The second kappa shape index (κ2) is 9.63. The number of hydrogen-bond donors (Lipinski definition) is 1. The van der Waals surface area contributed by atoms with Gasteiger partial charge in [0, 0.05) is 54.3 Å². The van der Waals surface area contributed by atoms with E-state index in [9.17, 15) is 4.79 Å². The van der Waals surface area contributed by atoms with Gasteiger partial charge in [-0.2, -0.15) is 0 Å². The Morgan fingerprint density at radius 2 is 1.88 bits per heavy atom. The van der Waals surface area contributed by atoms with E-state index < -0.39 is 0 Å². The van der Waals surface area contributed by atoms with E-state index in [4.69, 9.17) is 25.8 Å². The number of ether oxygens (including phenoxy) is 3. The number of rotatable bonds is 7. The molecule has 0 atom stereocenters. The molecule has 1 saturated heterocycles. The molecule has 1 N–H and O–H groups in total. The van der Waals surface area contributed by atoms with Crippen LogP contribution in [0.15, 0.2) is 36.4 Å². The van der Waals surface area contributed by atoms with Gasteiger partial charge in [0.05, 0.1) is 19.6 Å². The van der Waals surface area contributed by atoms with Crippen LogP contribution >= 0.6 is 11.6 Å². The van der Waals surface area contributed by atoms with Gasteiger partial charge in [0.25, 0.3) is 0 Å². The van der Waals surface area contributed by atoms with Crippen molar-refractivity contribution in [2.75, 3.05) is 39.6 Å². The first-order valence-corrected chi connectivity index (χ1v) is 11.7. The number of hydrogen-bond acceptors (Lipinski definition) is 5. The van der Waals surface area contributed by atoms with Gasteiger partial charge in [0.2, 0.25) is 12.7 Å². The molecule has 1 aromatic heterocycles. The first-order valence-electron chi connectivity index (χ1n) is 11.3. The molecule has 7 nitrogen and oxygen atoms in total. The van der Waals surface area contributed by atoms with Crippen molar-refractivity contribution in [2.45, 2.75) is 26.4 Å². The van der Waals surface area contributed by atoms with E-state index in [-0.39, 0.29) is 12.7 Å². The molecule has 2 aliphatic heterocycles. The number of fused-ring (bicyclic) bond motifs is 2. The maximum absolute atomic E-state index is 12.9. The smallest absolute Gasteiger partial charge is 0.231 e. The highest BCUT2D eigenvalue weighted by molar-refractivity contribution is 6.31. The van der Waals surface area contributed by atoms with Gasteiger partial charge in [-0.15, -0.1) is 0 Å². The summed E-state index contributed by atoms with van der Waals surface area (Å²) in [5.41, 5.74) is 4.22. The van der Waals surface area contributed by atoms with Gasteiger partial charge in [0.15, 0.2) is 11.5 Å². The second-order valence-electron chi connectivity index (χ2n) is 8.47. The molecular formula is C25H28ClN3O4. The third-order valence-corrected chi connectivity index (χ3v) is 6.66. The Hall–Kier alpha value is -2.74. The Labute approximate surface area is 198 Å². The number of amides is 1. The minimum absolute atomic E-state index is 0.0250. The zero-order chi connectivity index (χ0) is 22.8. The average Bonchev–Trinajstić information content (AvgIpc) is 3.39. The zero-order valence-corrected chi connectivity index (χ0v) is 19.5. The molecule has 0 unspecified atom stereocenters. The largest absolute Gasteiger partial charge is 0.454 e.